The third-order valence-electron chi connectivity index (χ3n) is 3.64. The molecule has 1 aliphatic heterocycles. The van der Waals surface area contributed by atoms with Crippen molar-refractivity contribution in [2.75, 3.05) is 26.2 Å². The van der Waals surface area contributed by atoms with E-state index >= 15 is 0 Å². The van der Waals surface area contributed by atoms with Gasteiger partial charge in [-0.15, -0.1) is 12.4 Å². The number of carbonyl (C=O) groups is 1. The quantitative estimate of drug-likeness (QED) is 0.730. The maximum Gasteiger partial charge on any atom is 0.250 e. The molecular weight excluding hydrogens is 304 g/mol. The van der Waals surface area contributed by atoms with E-state index < -0.39 is 12.2 Å². The SMILES string of the molecule is CC(O)CC(CNC(=O)C1CNCCO1)c1ccccc1.Cl. The zero-order valence-electron chi connectivity index (χ0n) is 12.8. The molecule has 1 aromatic carbocycles. The molecule has 0 saturated carbocycles. The normalized spacial score (nSPS) is 20.5. The number of morpholine rings is 1. The van der Waals surface area contributed by atoms with Gasteiger partial charge in [0.05, 0.1) is 12.7 Å². The van der Waals surface area contributed by atoms with E-state index in [0.717, 1.165) is 12.1 Å². The molecule has 3 unspecified atom stereocenters. The molecule has 1 aliphatic rings. The van der Waals surface area contributed by atoms with Crippen LogP contribution in [0.4, 0.5) is 0 Å². The summed E-state index contributed by atoms with van der Waals surface area (Å²) < 4.78 is 5.43. The number of carbonyl (C=O) groups excluding carboxylic acids is 1. The average molecular weight is 329 g/mol. The van der Waals surface area contributed by atoms with E-state index in [-0.39, 0.29) is 24.2 Å². The molecule has 1 amide bonds. The number of aliphatic hydroxyl groups excluding tert-OH is 1. The average Bonchev–Trinajstić information content (AvgIpc) is 2.52. The summed E-state index contributed by atoms with van der Waals surface area (Å²) in [7, 11) is 0. The van der Waals surface area contributed by atoms with Crippen LogP contribution in [0, 0.1) is 0 Å². The van der Waals surface area contributed by atoms with Crippen LogP contribution < -0.4 is 10.6 Å². The van der Waals surface area contributed by atoms with Gasteiger partial charge in [-0.2, -0.15) is 0 Å². The summed E-state index contributed by atoms with van der Waals surface area (Å²) in [5, 5.41) is 15.7. The lowest BCUT2D eigenvalue weighted by molar-refractivity contribution is -0.134. The van der Waals surface area contributed by atoms with Crippen LogP contribution in [-0.4, -0.2) is 49.5 Å². The topological polar surface area (TPSA) is 70.6 Å². The molecule has 1 heterocycles. The second-order valence-corrected chi connectivity index (χ2v) is 5.50. The van der Waals surface area contributed by atoms with Gasteiger partial charge in [0.1, 0.15) is 6.10 Å². The van der Waals surface area contributed by atoms with Gasteiger partial charge in [-0.3, -0.25) is 4.79 Å². The van der Waals surface area contributed by atoms with E-state index in [1.165, 1.54) is 0 Å². The van der Waals surface area contributed by atoms with Gasteiger partial charge in [0.15, 0.2) is 0 Å². The minimum atomic E-state index is -0.415. The summed E-state index contributed by atoms with van der Waals surface area (Å²) in [5.41, 5.74) is 1.13. The molecule has 1 aromatic rings. The summed E-state index contributed by atoms with van der Waals surface area (Å²) in [6.07, 6.45) is -0.199. The van der Waals surface area contributed by atoms with E-state index in [4.69, 9.17) is 4.74 Å². The third kappa shape index (κ3) is 5.93. The zero-order chi connectivity index (χ0) is 15.1. The molecule has 124 valence electrons. The van der Waals surface area contributed by atoms with Crippen LogP contribution in [0.1, 0.15) is 24.8 Å². The number of ether oxygens (including phenoxy) is 1. The van der Waals surface area contributed by atoms with Gasteiger partial charge in [-0.05, 0) is 18.9 Å². The lowest BCUT2D eigenvalue weighted by Crippen LogP contribution is -2.48. The molecular formula is C16H25ClN2O3. The van der Waals surface area contributed by atoms with E-state index in [2.05, 4.69) is 10.6 Å². The number of amides is 1. The standard InChI is InChI=1S/C16H24N2O3.ClH/c1-12(19)9-14(13-5-3-2-4-6-13)10-18-16(20)15-11-17-7-8-21-15;/h2-6,12,14-15,17,19H,7-11H2,1H3,(H,18,20);1H. The van der Waals surface area contributed by atoms with Gasteiger partial charge < -0.3 is 20.5 Å². The van der Waals surface area contributed by atoms with Crippen LogP contribution in [-0.2, 0) is 9.53 Å². The molecule has 22 heavy (non-hydrogen) atoms. The Morgan fingerprint density at radius 1 is 1.45 bits per heavy atom. The van der Waals surface area contributed by atoms with E-state index in [0.29, 0.717) is 26.1 Å². The van der Waals surface area contributed by atoms with Crippen LogP contribution in [0.5, 0.6) is 0 Å². The summed E-state index contributed by atoms with van der Waals surface area (Å²) in [6, 6.07) is 9.96. The highest BCUT2D eigenvalue weighted by Crippen LogP contribution is 2.20. The number of hydrogen-bond acceptors (Lipinski definition) is 4. The van der Waals surface area contributed by atoms with Crippen LogP contribution >= 0.6 is 12.4 Å². The van der Waals surface area contributed by atoms with Crippen molar-refractivity contribution in [3.05, 3.63) is 35.9 Å². The maximum atomic E-state index is 12.1. The Kier molecular flexibility index (Phi) is 8.42. The van der Waals surface area contributed by atoms with Gasteiger partial charge in [0.25, 0.3) is 0 Å². The van der Waals surface area contributed by atoms with E-state index in [9.17, 15) is 9.90 Å². The first-order valence-corrected chi connectivity index (χ1v) is 7.50. The van der Waals surface area contributed by atoms with Gasteiger partial charge in [-0.1, -0.05) is 30.3 Å². The minimum Gasteiger partial charge on any atom is -0.393 e. The van der Waals surface area contributed by atoms with Gasteiger partial charge in [0.2, 0.25) is 5.91 Å². The van der Waals surface area contributed by atoms with Crippen molar-refractivity contribution in [3.63, 3.8) is 0 Å². The minimum absolute atomic E-state index is 0. The monoisotopic (exact) mass is 328 g/mol. The van der Waals surface area contributed by atoms with Crippen LogP contribution in [0.25, 0.3) is 0 Å². The highest BCUT2D eigenvalue weighted by molar-refractivity contribution is 5.85. The number of benzene rings is 1. The third-order valence-corrected chi connectivity index (χ3v) is 3.64. The van der Waals surface area contributed by atoms with E-state index in [1.54, 1.807) is 6.92 Å². The van der Waals surface area contributed by atoms with Gasteiger partial charge in [-0.25, -0.2) is 0 Å². The first kappa shape index (κ1) is 18.9. The second-order valence-electron chi connectivity index (χ2n) is 5.50. The molecule has 0 spiro atoms. The second kappa shape index (κ2) is 9.79. The predicted molar refractivity (Wildman–Crippen MR) is 88.3 cm³/mol. The molecule has 0 bridgehead atoms. The Bertz CT molecular complexity index is 436. The lowest BCUT2D eigenvalue weighted by atomic mass is 9.93. The number of nitrogens with one attached hydrogen (secondary N) is 2. The molecule has 5 nitrogen and oxygen atoms in total. The Labute approximate surface area is 137 Å². The fourth-order valence-corrected chi connectivity index (χ4v) is 2.55. The number of halogens is 1. The maximum absolute atomic E-state index is 12.1. The Hall–Kier alpha value is -1.14. The van der Waals surface area contributed by atoms with E-state index in [1.807, 2.05) is 30.3 Å². The van der Waals surface area contributed by atoms with Crippen molar-refractivity contribution in [2.45, 2.75) is 31.5 Å². The molecule has 2 rings (SSSR count). The first-order valence-electron chi connectivity index (χ1n) is 7.50. The van der Waals surface area contributed by atoms with Crippen LogP contribution in [0.2, 0.25) is 0 Å². The van der Waals surface area contributed by atoms with Gasteiger partial charge >= 0.3 is 0 Å². The summed E-state index contributed by atoms with van der Waals surface area (Å²) >= 11 is 0. The Balaban J connectivity index is 0.00000242. The highest BCUT2D eigenvalue weighted by atomic mass is 35.5. The Morgan fingerprint density at radius 3 is 2.77 bits per heavy atom. The van der Waals surface area contributed by atoms with Crippen molar-refractivity contribution in [1.29, 1.82) is 0 Å². The molecule has 0 aliphatic carbocycles. The van der Waals surface area contributed by atoms with Crippen LogP contribution in [0.15, 0.2) is 30.3 Å². The molecule has 6 heteroatoms. The first-order chi connectivity index (χ1) is 10.2. The molecule has 1 fully saturated rings. The van der Waals surface area contributed by atoms with Gasteiger partial charge in [0, 0.05) is 25.6 Å². The van der Waals surface area contributed by atoms with Crippen molar-refractivity contribution >= 4 is 18.3 Å². The largest absolute Gasteiger partial charge is 0.393 e. The molecule has 3 atom stereocenters. The molecule has 0 radical (unpaired) electrons. The highest BCUT2D eigenvalue weighted by Gasteiger charge is 2.23. The van der Waals surface area contributed by atoms with Crippen molar-refractivity contribution in [1.82, 2.24) is 10.6 Å². The smallest absolute Gasteiger partial charge is 0.250 e. The summed E-state index contributed by atoms with van der Waals surface area (Å²) in [4.78, 5) is 12.1. The number of rotatable bonds is 6. The van der Waals surface area contributed by atoms with Crippen molar-refractivity contribution < 1.29 is 14.6 Å². The summed E-state index contributed by atoms with van der Waals surface area (Å²) in [5.74, 6) is 0.0143. The number of aliphatic hydroxyl groups is 1. The Morgan fingerprint density at radius 2 is 2.18 bits per heavy atom. The fourth-order valence-electron chi connectivity index (χ4n) is 2.55. The van der Waals surface area contributed by atoms with Crippen molar-refractivity contribution in [3.8, 4) is 0 Å². The van der Waals surface area contributed by atoms with Crippen LogP contribution in [0.3, 0.4) is 0 Å². The van der Waals surface area contributed by atoms with Crippen molar-refractivity contribution in [2.24, 2.45) is 0 Å². The zero-order valence-corrected chi connectivity index (χ0v) is 13.6. The molecule has 1 saturated heterocycles. The predicted octanol–water partition coefficient (Wildman–Crippen LogP) is 1.07. The fraction of sp³-hybridized carbons (Fsp3) is 0.562. The molecule has 0 aromatic heterocycles. The molecule has 3 N–H and O–H groups in total. The lowest BCUT2D eigenvalue weighted by Gasteiger charge is -2.25. The number of hydrogen-bond donors (Lipinski definition) is 3. The summed E-state index contributed by atoms with van der Waals surface area (Å²) in [6.45, 7) is 4.18.